The molecule has 2 aromatic carbocycles. The zero-order valence-corrected chi connectivity index (χ0v) is 17.7. The SMILES string of the molecule is COc1ccc2c(C3=C(c4cn(C)c5ccccc45)C(=O)NC3=O)cn(CCC#N)c2c1. The Morgan fingerprint density at radius 2 is 1.66 bits per heavy atom. The van der Waals surface area contributed by atoms with Gasteiger partial charge in [0.25, 0.3) is 11.8 Å². The summed E-state index contributed by atoms with van der Waals surface area (Å²) < 4.78 is 9.25. The average Bonchev–Trinajstić information content (AvgIpc) is 3.42. The van der Waals surface area contributed by atoms with Crippen LogP contribution in [0.2, 0.25) is 0 Å². The third-order valence-corrected chi connectivity index (χ3v) is 5.92. The fourth-order valence-corrected chi connectivity index (χ4v) is 4.46. The molecule has 0 fully saturated rings. The molecule has 0 bridgehead atoms. The van der Waals surface area contributed by atoms with Crippen LogP contribution in [0.15, 0.2) is 54.9 Å². The summed E-state index contributed by atoms with van der Waals surface area (Å²) in [6.45, 7) is 0.465. The number of methoxy groups -OCH3 is 1. The van der Waals surface area contributed by atoms with E-state index in [2.05, 4.69) is 11.4 Å². The summed E-state index contributed by atoms with van der Waals surface area (Å²) in [5.74, 6) is -0.156. The first-order valence-electron chi connectivity index (χ1n) is 10.2. The van der Waals surface area contributed by atoms with Gasteiger partial charge in [-0.3, -0.25) is 14.9 Å². The molecular formula is C25H20N4O3. The summed E-state index contributed by atoms with van der Waals surface area (Å²) in [7, 11) is 3.51. The molecular weight excluding hydrogens is 404 g/mol. The van der Waals surface area contributed by atoms with Crippen molar-refractivity contribution in [2.75, 3.05) is 7.11 Å². The number of aromatic nitrogens is 2. The van der Waals surface area contributed by atoms with Crippen molar-refractivity contribution in [1.29, 1.82) is 5.26 Å². The van der Waals surface area contributed by atoms with Crippen molar-refractivity contribution in [3.63, 3.8) is 0 Å². The van der Waals surface area contributed by atoms with E-state index in [1.165, 1.54) is 0 Å². The van der Waals surface area contributed by atoms with Crippen LogP contribution >= 0.6 is 0 Å². The molecule has 7 nitrogen and oxygen atoms in total. The molecule has 3 heterocycles. The van der Waals surface area contributed by atoms with Crippen LogP contribution in [0.1, 0.15) is 17.5 Å². The number of hydrogen-bond acceptors (Lipinski definition) is 4. The van der Waals surface area contributed by atoms with Crippen LogP contribution in [0.5, 0.6) is 5.75 Å². The molecule has 0 atom stereocenters. The number of nitrogens with one attached hydrogen (secondary N) is 1. The molecule has 0 unspecified atom stereocenters. The number of nitrogens with zero attached hydrogens (tertiary/aromatic N) is 3. The number of para-hydroxylation sites is 1. The van der Waals surface area contributed by atoms with Crippen molar-refractivity contribution in [3.05, 3.63) is 66.0 Å². The summed E-state index contributed by atoms with van der Waals surface area (Å²) in [6.07, 6.45) is 4.05. The van der Waals surface area contributed by atoms with Gasteiger partial charge in [0.15, 0.2) is 0 Å². The molecule has 2 amide bonds. The smallest absolute Gasteiger partial charge is 0.259 e. The van der Waals surface area contributed by atoms with Gasteiger partial charge < -0.3 is 13.9 Å². The number of fused-ring (bicyclic) bond motifs is 2. The normalized spacial score (nSPS) is 13.8. The van der Waals surface area contributed by atoms with Gasteiger partial charge in [0.1, 0.15) is 5.75 Å². The minimum absolute atomic E-state index is 0.320. The van der Waals surface area contributed by atoms with Gasteiger partial charge in [-0.1, -0.05) is 18.2 Å². The van der Waals surface area contributed by atoms with Gasteiger partial charge in [-0.15, -0.1) is 0 Å². The first-order valence-corrected chi connectivity index (χ1v) is 10.2. The van der Waals surface area contributed by atoms with Gasteiger partial charge >= 0.3 is 0 Å². The van der Waals surface area contributed by atoms with Crippen LogP contribution in [0, 0.1) is 11.3 Å². The Kier molecular flexibility index (Phi) is 4.56. The van der Waals surface area contributed by atoms with Gasteiger partial charge in [-0.2, -0.15) is 5.26 Å². The Labute approximate surface area is 184 Å². The summed E-state index contributed by atoms with van der Waals surface area (Å²) in [5, 5.41) is 13.3. The molecule has 32 heavy (non-hydrogen) atoms. The zero-order chi connectivity index (χ0) is 22.4. The van der Waals surface area contributed by atoms with Gasteiger partial charge in [0.2, 0.25) is 0 Å². The van der Waals surface area contributed by atoms with E-state index in [-0.39, 0.29) is 0 Å². The Hall–Kier alpha value is -4.31. The molecule has 4 aromatic rings. The topological polar surface area (TPSA) is 89.0 Å². The number of aryl methyl sites for hydroxylation is 2. The second-order valence-corrected chi connectivity index (χ2v) is 7.73. The lowest BCUT2D eigenvalue weighted by atomic mass is 9.95. The number of ether oxygens (including phenoxy) is 1. The first-order chi connectivity index (χ1) is 15.5. The maximum atomic E-state index is 13.0. The number of carbonyl (C=O) groups is 2. The van der Waals surface area contributed by atoms with Crippen molar-refractivity contribution in [3.8, 4) is 11.8 Å². The van der Waals surface area contributed by atoms with E-state index in [1.54, 1.807) is 7.11 Å². The number of rotatable bonds is 5. The van der Waals surface area contributed by atoms with Crippen molar-refractivity contribution in [1.82, 2.24) is 14.5 Å². The fourth-order valence-electron chi connectivity index (χ4n) is 4.46. The second-order valence-electron chi connectivity index (χ2n) is 7.73. The van der Waals surface area contributed by atoms with E-state index in [0.29, 0.717) is 41.0 Å². The molecule has 5 rings (SSSR count). The van der Waals surface area contributed by atoms with Gasteiger partial charge in [-0.05, 0) is 18.2 Å². The largest absolute Gasteiger partial charge is 0.497 e. The maximum Gasteiger partial charge on any atom is 0.259 e. The van der Waals surface area contributed by atoms with Crippen molar-refractivity contribution in [2.24, 2.45) is 7.05 Å². The predicted molar refractivity (Wildman–Crippen MR) is 122 cm³/mol. The molecule has 1 aliphatic heterocycles. The highest BCUT2D eigenvalue weighted by Crippen LogP contribution is 2.39. The molecule has 0 saturated heterocycles. The predicted octanol–water partition coefficient (Wildman–Crippen LogP) is 3.62. The zero-order valence-electron chi connectivity index (χ0n) is 17.7. The minimum Gasteiger partial charge on any atom is -0.497 e. The highest BCUT2D eigenvalue weighted by Gasteiger charge is 2.35. The summed E-state index contributed by atoms with van der Waals surface area (Å²) >= 11 is 0. The number of benzene rings is 2. The maximum absolute atomic E-state index is 13.0. The van der Waals surface area contributed by atoms with E-state index in [9.17, 15) is 9.59 Å². The Balaban J connectivity index is 1.82. The fraction of sp³-hybridized carbons (Fsp3) is 0.160. The van der Waals surface area contributed by atoms with Gasteiger partial charge in [0, 0.05) is 59.5 Å². The van der Waals surface area contributed by atoms with E-state index >= 15 is 0 Å². The molecule has 0 saturated carbocycles. The third kappa shape index (κ3) is 2.88. The third-order valence-electron chi connectivity index (χ3n) is 5.92. The highest BCUT2D eigenvalue weighted by atomic mass is 16.5. The van der Waals surface area contributed by atoms with Crippen molar-refractivity contribution < 1.29 is 14.3 Å². The van der Waals surface area contributed by atoms with Crippen LogP contribution in [0.4, 0.5) is 0 Å². The first kappa shape index (κ1) is 19.6. The lowest BCUT2D eigenvalue weighted by Gasteiger charge is -2.04. The van der Waals surface area contributed by atoms with Crippen molar-refractivity contribution in [2.45, 2.75) is 13.0 Å². The van der Waals surface area contributed by atoms with Crippen LogP contribution in [-0.2, 0) is 23.2 Å². The van der Waals surface area contributed by atoms with Crippen molar-refractivity contribution >= 4 is 44.8 Å². The second kappa shape index (κ2) is 7.43. The van der Waals surface area contributed by atoms with E-state index in [0.717, 1.165) is 21.8 Å². The van der Waals surface area contributed by atoms with Crippen LogP contribution in [0.3, 0.4) is 0 Å². The Morgan fingerprint density at radius 1 is 0.969 bits per heavy atom. The summed E-state index contributed by atoms with van der Waals surface area (Å²) in [5.41, 5.74) is 3.90. The molecule has 0 radical (unpaired) electrons. The lowest BCUT2D eigenvalue weighted by molar-refractivity contribution is -0.122. The van der Waals surface area contributed by atoms with E-state index in [1.807, 2.05) is 71.0 Å². The number of carbonyl (C=O) groups excluding carboxylic acids is 2. The lowest BCUT2D eigenvalue weighted by Crippen LogP contribution is -2.22. The Morgan fingerprint density at radius 3 is 2.38 bits per heavy atom. The van der Waals surface area contributed by atoms with Crippen LogP contribution in [-0.4, -0.2) is 28.1 Å². The standard InChI is InChI=1S/C25H20N4O3/c1-28-13-18(16-6-3-4-7-20(16)28)22-23(25(31)27-24(22)30)19-14-29(11-5-10-26)21-12-15(32-2)8-9-17(19)21/h3-4,6-9,12-14H,5,11H2,1-2H3,(H,27,30,31). The number of amides is 2. The number of nitriles is 1. The Bertz CT molecular complexity index is 1500. The molecule has 158 valence electrons. The minimum atomic E-state index is -0.423. The molecule has 1 N–H and O–H groups in total. The quantitative estimate of drug-likeness (QED) is 0.496. The number of hydrogen-bond donors (Lipinski definition) is 1. The molecule has 7 heteroatoms. The molecule has 2 aromatic heterocycles. The summed E-state index contributed by atoms with van der Waals surface area (Å²) in [6, 6.07) is 15.5. The summed E-state index contributed by atoms with van der Waals surface area (Å²) in [4.78, 5) is 26.0. The van der Waals surface area contributed by atoms with Crippen LogP contribution in [0.25, 0.3) is 33.0 Å². The number of imide groups is 1. The highest BCUT2D eigenvalue weighted by molar-refractivity contribution is 6.50. The van der Waals surface area contributed by atoms with Gasteiger partial charge in [-0.25, -0.2) is 0 Å². The molecule has 1 aliphatic rings. The van der Waals surface area contributed by atoms with Crippen LogP contribution < -0.4 is 10.1 Å². The average molecular weight is 424 g/mol. The van der Waals surface area contributed by atoms with Gasteiger partial charge in [0.05, 0.1) is 36.3 Å². The molecule has 0 spiro atoms. The molecule has 0 aliphatic carbocycles. The monoisotopic (exact) mass is 424 g/mol. The van der Waals surface area contributed by atoms with E-state index < -0.39 is 11.8 Å². The van der Waals surface area contributed by atoms with E-state index in [4.69, 9.17) is 10.00 Å².